The van der Waals surface area contributed by atoms with Crippen molar-refractivity contribution in [3.05, 3.63) is 0 Å². The van der Waals surface area contributed by atoms with Crippen molar-refractivity contribution in [2.75, 3.05) is 112 Å². The van der Waals surface area contributed by atoms with Crippen LogP contribution in [-0.2, 0) is 52.3 Å². The minimum Gasteiger partial charge on any atom is -0.481 e. The van der Waals surface area contributed by atoms with E-state index in [4.69, 9.17) is 48.1 Å². The van der Waals surface area contributed by atoms with Crippen molar-refractivity contribution in [3.63, 3.8) is 0 Å². The third-order valence-electron chi connectivity index (χ3n) is 4.42. The summed E-state index contributed by atoms with van der Waals surface area (Å²) in [6.07, 6.45) is 0.458. The van der Waals surface area contributed by atoms with E-state index in [-0.39, 0.29) is 31.8 Å². The van der Waals surface area contributed by atoms with Crippen molar-refractivity contribution in [2.45, 2.75) is 25.7 Å². The maximum absolute atomic E-state index is 11.3. The minimum absolute atomic E-state index is 0.00914. The molecule has 0 saturated heterocycles. The summed E-state index contributed by atoms with van der Waals surface area (Å²) in [5, 5.41) is 19.6. The van der Waals surface area contributed by atoms with Crippen molar-refractivity contribution in [3.8, 4) is 0 Å². The maximum atomic E-state index is 11.3. The van der Waals surface area contributed by atoms with Gasteiger partial charge >= 0.3 is 11.9 Å². The molecule has 0 aromatic rings. The lowest BCUT2D eigenvalue weighted by Crippen LogP contribution is -2.25. The van der Waals surface area contributed by atoms with E-state index < -0.39 is 11.9 Å². The molecule has 0 saturated carbocycles. The average Bonchev–Trinajstić information content (AvgIpc) is 2.88. The van der Waals surface area contributed by atoms with Crippen LogP contribution in [0.4, 0.5) is 0 Å². The Morgan fingerprint density at radius 1 is 0.421 bits per heavy atom. The Kier molecular flexibility index (Phi) is 28.2. The fraction of sp³-hybridized carbons (Fsp3) is 0.875. The lowest BCUT2D eigenvalue weighted by molar-refractivity contribution is -0.139. The highest BCUT2D eigenvalue weighted by Gasteiger charge is 2.04. The zero-order valence-electron chi connectivity index (χ0n) is 22.2. The first-order valence-electron chi connectivity index (χ1n) is 12.8. The summed E-state index contributed by atoms with van der Waals surface area (Å²) in [6.45, 7) is 7.35. The van der Waals surface area contributed by atoms with Crippen LogP contribution in [0.25, 0.3) is 0 Å². The van der Waals surface area contributed by atoms with Gasteiger partial charge in [-0.1, -0.05) is 0 Å². The van der Waals surface area contributed by atoms with Crippen LogP contribution in [0.2, 0.25) is 0 Å². The van der Waals surface area contributed by atoms with E-state index in [2.05, 4.69) is 5.32 Å². The van der Waals surface area contributed by atoms with Gasteiger partial charge in [0.25, 0.3) is 0 Å². The molecule has 224 valence electrons. The van der Waals surface area contributed by atoms with Crippen LogP contribution >= 0.6 is 0 Å². The SMILES string of the molecule is O=C(O)CCOCCOCCOCCOCCOCCOCCOCCOCCCNC(=O)CCC(=O)O. The van der Waals surface area contributed by atoms with Crippen LogP contribution in [0.1, 0.15) is 25.7 Å². The molecular formula is C24H45NO13. The molecule has 14 nitrogen and oxygen atoms in total. The van der Waals surface area contributed by atoms with Crippen LogP contribution in [0.3, 0.4) is 0 Å². The van der Waals surface area contributed by atoms with Gasteiger partial charge in [0, 0.05) is 19.6 Å². The summed E-state index contributed by atoms with van der Waals surface area (Å²) in [5.41, 5.74) is 0. The van der Waals surface area contributed by atoms with Gasteiger partial charge in [0.2, 0.25) is 5.91 Å². The van der Waals surface area contributed by atoms with Crippen LogP contribution in [0, 0.1) is 0 Å². The Morgan fingerprint density at radius 3 is 1.08 bits per heavy atom. The van der Waals surface area contributed by atoms with E-state index in [0.717, 1.165) is 0 Å². The molecule has 0 aromatic heterocycles. The number of carbonyl (C=O) groups excluding carboxylic acids is 1. The highest BCUT2D eigenvalue weighted by molar-refractivity contribution is 5.80. The third kappa shape index (κ3) is 32.1. The molecule has 1 amide bonds. The van der Waals surface area contributed by atoms with Gasteiger partial charge in [0.15, 0.2) is 0 Å². The van der Waals surface area contributed by atoms with Gasteiger partial charge in [0.05, 0.1) is 112 Å². The van der Waals surface area contributed by atoms with Gasteiger partial charge in [-0.05, 0) is 6.42 Å². The third-order valence-corrected chi connectivity index (χ3v) is 4.42. The molecule has 14 heteroatoms. The van der Waals surface area contributed by atoms with Gasteiger partial charge in [0.1, 0.15) is 0 Å². The minimum atomic E-state index is -0.986. The lowest BCUT2D eigenvalue weighted by atomic mass is 10.3. The Morgan fingerprint density at radius 2 is 0.737 bits per heavy atom. The Bertz CT molecular complexity index is 565. The van der Waals surface area contributed by atoms with Gasteiger partial charge in [-0.25, -0.2) is 0 Å². The summed E-state index contributed by atoms with van der Waals surface area (Å²) in [7, 11) is 0. The van der Waals surface area contributed by atoms with Crippen molar-refractivity contribution >= 4 is 17.8 Å². The first-order valence-corrected chi connectivity index (χ1v) is 12.8. The van der Waals surface area contributed by atoms with Crippen LogP contribution in [-0.4, -0.2) is 140 Å². The second kappa shape index (κ2) is 29.6. The van der Waals surface area contributed by atoms with E-state index in [0.29, 0.717) is 112 Å². The molecule has 0 aliphatic rings. The molecule has 0 fully saturated rings. The van der Waals surface area contributed by atoms with E-state index >= 15 is 0 Å². The smallest absolute Gasteiger partial charge is 0.305 e. The highest BCUT2D eigenvalue weighted by atomic mass is 16.6. The number of rotatable bonds is 31. The Labute approximate surface area is 224 Å². The Balaban J connectivity index is 3.09. The molecular weight excluding hydrogens is 510 g/mol. The molecule has 0 radical (unpaired) electrons. The molecule has 0 aliphatic heterocycles. The topological polar surface area (TPSA) is 178 Å². The van der Waals surface area contributed by atoms with Crippen LogP contribution in [0.5, 0.6) is 0 Å². The van der Waals surface area contributed by atoms with E-state index in [9.17, 15) is 14.4 Å². The molecule has 0 bridgehead atoms. The van der Waals surface area contributed by atoms with Crippen molar-refractivity contribution in [1.82, 2.24) is 5.32 Å². The van der Waals surface area contributed by atoms with Crippen molar-refractivity contribution < 1.29 is 62.5 Å². The zero-order chi connectivity index (χ0) is 27.9. The quantitative estimate of drug-likeness (QED) is 0.0972. The number of aliphatic carboxylic acids is 2. The standard InChI is InChI=1S/C24H45NO13/c26-22(2-3-23(27)28)25-5-1-6-31-8-10-33-12-14-35-16-18-37-20-21-38-19-17-36-15-13-34-11-9-32-7-4-24(29)30/h1-21H2,(H,25,26)(H,27,28)(H,29,30). The first-order chi connectivity index (χ1) is 18.5. The molecule has 0 atom stereocenters. The number of hydrogen-bond acceptors (Lipinski definition) is 11. The van der Waals surface area contributed by atoms with Gasteiger partial charge in [-0.3, -0.25) is 14.4 Å². The van der Waals surface area contributed by atoms with E-state index in [1.807, 2.05) is 0 Å². The predicted molar refractivity (Wildman–Crippen MR) is 133 cm³/mol. The first kappa shape index (κ1) is 36.1. The summed E-state index contributed by atoms with van der Waals surface area (Å²) in [4.78, 5) is 32.0. The number of carboxylic acids is 2. The van der Waals surface area contributed by atoms with Crippen LogP contribution < -0.4 is 5.32 Å². The molecule has 0 spiro atoms. The predicted octanol–water partition coefficient (Wildman–Crippen LogP) is -0.0350. The number of carbonyl (C=O) groups is 3. The molecule has 0 unspecified atom stereocenters. The second-order valence-corrected chi connectivity index (χ2v) is 7.64. The number of carboxylic acid groups (broad SMARTS) is 2. The van der Waals surface area contributed by atoms with Crippen molar-refractivity contribution in [1.29, 1.82) is 0 Å². The average molecular weight is 556 g/mol. The summed E-state index contributed by atoms with van der Waals surface area (Å²) >= 11 is 0. The monoisotopic (exact) mass is 555 g/mol. The number of hydrogen-bond donors (Lipinski definition) is 3. The summed E-state index contributed by atoms with van der Waals surface area (Å²) < 4.78 is 42.7. The summed E-state index contributed by atoms with van der Waals surface area (Å²) in [6, 6.07) is 0. The number of nitrogens with one attached hydrogen (secondary N) is 1. The molecule has 0 rings (SSSR count). The normalized spacial score (nSPS) is 11.1. The lowest BCUT2D eigenvalue weighted by Gasteiger charge is -2.09. The van der Waals surface area contributed by atoms with Crippen LogP contribution in [0.15, 0.2) is 0 Å². The second-order valence-electron chi connectivity index (χ2n) is 7.64. The van der Waals surface area contributed by atoms with Gasteiger partial charge in [-0.15, -0.1) is 0 Å². The highest BCUT2D eigenvalue weighted by Crippen LogP contribution is 1.90. The molecule has 38 heavy (non-hydrogen) atoms. The maximum Gasteiger partial charge on any atom is 0.305 e. The number of ether oxygens (including phenoxy) is 8. The van der Waals surface area contributed by atoms with Gasteiger partial charge in [-0.2, -0.15) is 0 Å². The van der Waals surface area contributed by atoms with Crippen molar-refractivity contribution in [2.24, 2.45) is 0 Å². The fourth-order valence-corrected chi connectivity index (χ4v) is 2.51. The molecule has 0 aromatic carbocycles. The largest absolute Gasteiger partial charge is 0.481 e. The van der Waals surface area contributed by atoms with E-state index in [1.165, 1.54) is 0 Å². The number of amides is 1. The molecule has 0 heterocycles. The molecule has 0 aliphatic carbocycles. The van der Waals surface area contributed by atoms with Gasteiger partial charge < -0.3 is 53.4 Å². The zero-order valence-corrected chi connectivity index (χ0v) is 22.2. The van der Waals surface area contributed by atoms with E-state index in [1.54, 1.807) is 0 Å². The summed E-state index contributed by atoms with van der Waals surface area (Å²) in [5.74, 6) is -2.14. The Hall–Kier alpha value is -1.91. The molecule has 3 N–H and O–H groups in total. The fourth-order valence-electron chi connectivity index (χ4n) is 2.51.